The fourth-order valence-corrected chi connectivity index (χ4v) is 2.91. The summed E-state index contributed by atoms with van der Waals surface area (Å²) in [7, 11) is 1.77. The molecule has 0 fully saturated rings. The molecule has 1 aromatic heterocycles. The molecule has 1 aromatic carbocycles. The molecule has 0 spiro atoms. The lowest BCUT2D eigenvalue weighted by molar-refractivity contribution is -0.137. The second-order valence-electron chi connectivity index (χ2n) is 6.60. The zero-order valence-electron chi connectivity index (χ0n) is 15.5. The molecule has 0 aliphatic rings. The molecule has 3 N–H and O–H groups in total. The lowest BCUT2D eigenvalue weighted by Crippen LogP contribution is -2.43. The predicted molar refractivity (Wildman–Crippen MR) is 104 cm³/mol. The molecule has 11 heteroatoms. The average molecular weight is 436 g/mol. The number of nitrogens with one attached hydrogen (secondary N) is 3. The van der Waals surface area contributed by atoms with Crippen molar-refractivity contribution in [3.63, 3.8) is 0 Å². The largest absolute Gasteiger partial charge is 0.416 e. The van der Waals surface area contributed by atoms with E-state index in [1.54, 1.807) is 11.6 Å². The van der Waals surface area contributed by atoms with E-state index >= 15 is 0 Å². The monoisotopic (exact) mass is 435 g/mol. The summed E-state index contributed by atoms with van der Waals surface area (Å²) in [5.74, 6) is 0.284. The number of alkyl halides is 3. The Labute approximate surface area is 170 Å². The minimum absolute atomic E-state index is 0.102. The van der Waals surface area contributed by atoms with Crippen molar-refractivity contribution in [2.75, 3.05) is 11.9 Å². The number of anilines is 1. The minimum atomic E-state index is -4.48. The summed E-state index contributed by atoms with van der Waals surface area (Å²) in [6.07, 6.45) is -4.01. The van der Waals surface area contributed by atoms with Crippen molar-refractivity contribution in [3.05, 3.63) is 39.4 Å². The molecule has 0 aliphatic heterocycles. The number of amides is 1. The summed E-state index contributed by atoms with van der Waals surface area (Å²) in [5.41, 5.74) is -0.584. The van der Waals surface area contributed by atoms with Gasteiger partial charge in [-0.2, -0.15) is 18.3 Å². The van der Waals surface area contributed by atoms with Crippen LogP contribution >= 0.6 is 23.8 Å². The van der Waals surface area contributed by atoms with Gasteiger partial charge in [-0.1, -0.05) is 25.4 Å². The predicted octanol–water partition coefficient (Wildman–Crippen LogP) is 3.95. The Morgan fingerprint density at radius 1 is 1.39 bits per heavy atom. The minimum Gasteiger partial charge on any atom is -0.372 e. The van der Waals surface area contributed by atoms with Gasteiger partial charge in [0, 0.05) is 20.0 Å². The Hall–Kier alpha value is -2.07. The van der Waals surface area contributed by atoms with Crippen LogP contribution in [0.4, 0.5) is 18.9 Å². The molecule has 0 saturated heterocycles. The molecule has 1 heterocycles. The molecular weight excluding hydrogens is 415 g/mol. The number of halogens is 4. The number of carbonyl (C=O) groups is 1. The number of rotatable bonds is 7. The first-order chi connectivity index (χ1) is 13.0. The summed E-state index contributed by atoms with van der Waals surface area (Å²) >= 11 is 11.0. The van der Waals surface area contributed by atoms with E-state index in [2.05, 4.69) is 20.8 Å². The van der Waals surface area contributed by atoms with Crippen LogP contribution in [0.25, 0.3) is 0 Å². The van der Waals surface area contributed by atoms with Crippen LogP contribution in [0.2, 0.25) is 5.02 Å². The third-order valence-corrected chi connectivity index (χ3v) is 4.85. The van der Waals surface area contributed by atoms with E-state index in [1.165, 1.54) is 6.07 Å². The Kier molecular flexibility index (Phi) is 7.11. The number of hydrogen-bond acceptors (Lipinski definition) is 4. The first-order valence-electron chi connectivity index (χ1n) is 8.52. The van der Waals surface area contributed by atoms with E-state index in [0.29, 0.717) is 23.6 Å². The van der Waals surface area contributed by atoms with Gasteiger partial charge in [-0.05, 0) is 36.3 Å². The smallest absolute Gasteiger partial charge is 0.372 e. The molecule has 1 atom stereocenters. The summed E-state index contributed by atoms with van der Waals surface area (Å²) in [5, 5.41) is 12.4. The van der Waals surface area contributed by atoms with Gasteiger partial charge in [0.05, 0.1) is 16.3 Å². The van der Waals surface area contributed by atoms with Crippen molar-refractivity contribution in [2.24, 2.45) is 13.0 Å². The molecule has 28 heavy (non-hydrogen) atoms. The van der Waals surface area contributed by atoms with E-state index in [4.69, 9.17) is 23.8 Å². The van der Waals surface area contributed by atoms with Crippen LogP contribution in [0.5, 0.6) is 0 Å². The maximum atomic E-state index is 12.8. The number of aromatic nitrogens is 3. The van der Waals surface area contributed by atoms with E-state index in [9.17, 15) is 18.0 Å². The van der Waals surface area contributed by atoms with Gasteiger partial charge in [-0.3, -0.25) is 9.89 Å². The Morgan fingerprint density at radius 2 is 2.07 bits per heavy atom. The van der Waals surface area contributed by atoms with Gasteiger partial charge in [0.15, 0.2) is 4.77 Å². The molecule has 0 bridgehead atoms. The summed E-state index contributed by atoms with van der Waals surface area (Å²) in [6.45, 7) is 3.98. The van der Waals surface area contributed by atoms with Gasteiger partial charge in [0.1, 0.15) is 11.9 Å². The van der Waals surface area contributed by atoms with E-state index in [1.807, 2.05) is 13.8 Å². The fraction of sp³-hybridized carbons (Fsp3) is 0.471. The molecular formula is C17H21ClF3N5OS. The normalized spacial score (nSPS) is 12.9. The molecule has 0 unspecified atom stereocenters. The number of benzene rings is 1. The third-order valence-electron chi connectivity index (χ3n) is 4.18. The number of aromatic amines is 1. The van der Waals surface area contributed by atoms with Crippen molar-refractivity contribution >= 4 is 35.4 Å². The Morgan fingerprint density at radius 3 is 2.57 bits per heavy atom. The van der Waals surface area contributed by atoms with Crippen LogP contribution in [0, 0.1) is 10.7 Å². The van der Waals surface area contributed by atoms with E-state index < -0.39 is 17.8 Å². The first-order valence-corrected chi connectivity index (χ1v) is 9.30. The highest BCUT2D eigenvalue weighted by atomic mass is 35.5. The van der Waals surface area contributed by atoms with Crippen molar-refractivity contribution < 1.29 is 18.0 Å². The Balaban J connectivity index is 2.03. The molecule has 2 rings (SSSR count). The summed E-state index contributed by atoms with van der Waals surface area (Å²) < 4.78 is 40.5. The zero-order chi connectivity index (χ0) is 21.1. The van der Waals surface area contributed by atoms with Gasteiger partial charge < -0.3 is 15.2 Å². The zero-order valence-corrected chi connectivity index (χ0v) is 17.1. The van der Waals surface area contributed by atoms with Crippen LogP contribution < -0.4 is 10.6 Å². The molecule has 6 nitrogen and oxygen atoms in total. The quantitative estimate of drug-likeness (QED) is 0.576. The van der Waals surface area contributed by atoms with Crippen molar-refractivity contribution in [3.8, 4) is 0 Å². The van der Waals surface area contributed by atoms with Crippen molar-refractivity contribution in [2.45, 2.75) is 32.5 Å². The number of nitrogens with zero attached hydrogens (tertiary/aromatic N) is 2. The number of hydrogen-bond donors (Lipinski definition) is 3. The highest BCUT2D eigenvalue weighted by molar-refractivity contribution is 7.71. The maximum absolute atomic E-state index is 12.8. The van der Waals surface area contributed by atoms with Gasteiger partial charge >= 0.3 is 6.18 Å². The molecule has 0 saturated carbocycles. The van der Waals surface area contributed by atoms with E-state index in [-0.39, 0.29) is 22.5 Å². The van der Waals surface area contributed by atoms with Crippen LogP contribution in [0.3, 0.4) is 0 Å². The molecule has 154 valence electrons. The third kappa shape index (κ3) is 5.48. The fourth-order valence-electron chi connectivity index (χ4n) is 2.52. The topological polar surface area (TPSA) is 74.7 Å². The van der Waals surface area contributed by atoms with Crippen LogP contribution in [-0.2, 0) is 24.4 Å². The number of H-pyrrole nitrogens is 1. The second-order valence-corrected chi connectivity index (χ2v) is 7.40. The SMILES string of the molecule is CC(C)[C@H](Nc1ccc(C(F)(F)F)cc1Cl)C(=O)NCCc1n[nH]c(=S)n1C. The van der Waals surface area contributed by atoms with Gasteiger partial charge in [-0.15, -0.1) is 0 Å². The molecule has 0 aliphatic carbocycles. The first kappa shape index (κ1) is 22.2. The van der Waals surface area contributed by atoms with Gasteiger partial charge in [0.25, 0.3) is 0 Å². The summed E-state index contributed by atoms with van der Waals surface area (Å²) in [6, 6.07) is 2.32. The van der Waals surface area contributed by atoms with E-state index in [0.717, 1.165) is 12.1 Å². The van der Waals surface area contributed by atoms with Gasteiger partial charge in [-0.25, -0.2) is 0 Å². The lowest BCUT2D eigenvalue weighted by Gasteiger charge is -2.23. The molecule has 1 amide bonds. The average Bonchev–Trinajstić information content (AvgIpc) is 2.91. The summed E-state index contributed by atoms with van der Waals surface area (Å²) in [4.78, 5) is 12.6. The standard InChI is InChI=1S/C17H21ClF3N5OS/c1-9(2)14(15(27)22-7-6-13-24-25-16(28)26(13)3)23-12-5-4-10(8-11(12)18)17(19,20)21/h4-5,8-9,14,23H,6-7H2,1-3H3,(H,22,27)(H,25,28)/t14-/m0/s1. The maximum Gasteiger partial charge on any atom is 0.416 e. The Bertz CT molecular complexity index is 894. The lowest BCUT2D eigenvalue weighted by atomic mass is 10.0. The van der Waals surface area contributed by atoms with Crippen molar-refractivity contribution in [1.82, 2.24) is 20.1 Å². The van der Waals surface area contributed by atoms with Crippen molar-refractivity contribution in [1.29, 1.82) is 0 Å². The molecule has 0 radical (unpaired) electrons. The second kappa shape index (κ2) is 8.95. The van der Waals surface area contributed by atoms with Crippen LogP contribution in [0.1, 0.15) is 25.2 Å². The number of carbonyl (C=O) groups excluding carboxylic acids is 1. The highest BCUT2D eigenvalue weighted by Gasteiger charge is 2.31. The van der Waals surface area contributed by atoms with Crippen LogP contribution in [-0.4, -0.2) is 33.3 Å². The highest BCUT2D eigenvalue weighted by Crippen LogP contribution is 2.34. The van der Waals surface area contributed by atoms with Crippen LogP contribution in [0.15, 0.2) is 18.2 Å². The van der Waals surface area contributed by atoms with Gasteiger partial charge in [0.2, 0.25) is 5.91 Å². The molecule has 2 aromatic rings.